The van der Waals surface area contributed by atoms with Crippen molar-refractivity contribution in [3.63, 3.8) is 0 Å². The first-order valence-electron chi connectivity index (χ1n) is 10.3. The number of phosphoric acid groups is 1. The van der Waals surface area contributed by atoms with Gasteiger partial charge in [0.2, 0.25) is 0 Å². The van der Waals surface area contributed by atoms with Crippen LogP contribution in [-0.2, 0) is 13.6 Å². The maximum Gasteiger partial charge on any atom is 1.00 e. The molecule has 0 amide bonds. The number of alkyl halides is 1. The van der Waals surface area contributed by atoms with Gasteiger partial charge in [0.25, 0.3) is 7.82 Å². The Morgan fingerprint density at radius 2 is 1.41 bits per heavy atom. The van der Waals surface area contributed by atoms with E-state index in [2.05, 4.69) is 11.4 Å². The van der Waals surface area contributed by atoms with Crippen LogP contribution in [0.5, 0.6) is 0 Å². The molecule has 0 fully saturated rings. The molecule has 0 radical (unpaired) electrons. The molecule has 0 spiro atoms. The Kier molecular flexibility index (Phi) is 23.3. The minimum atomic E-state index is -4.37. The second-order valence-electron chi connectivity index (χ2n) is 7.14. The van der Waals surface area contributed by atoms with Gasteiger partial charge in [-0.1, -0.05) is 84.0 Å². The fourth-order valence-electron chi connectivity index (χ4n) is 2.80. The van der Waals surface area contributed by atoms with Crippen LogP contribution < -0.4 is 34.5 Å². The van der Waals surface area contributed by atoms with Crippen LogP contribution in [-0.4, -0.2) is 29.8 Å². The van der Waals surface area contributed by atoms with Gasteiger partial charge in [0, 0.05) is 0 Å². The van der Waals surface area contributed by atoms with Gasteiger partial charge in [-0.25, -0.2) is 0 Å². The third kappa shape index (κ3) is 21.9. The first-order chi connectivity index (χ1) is 12.4. The van der Waals surface area contributed by atoms with Gasteiger partial charge in [-0.05, 0) is 13.3 Å². The fourth-order valence-corrected chi connectivity index (χ4v) is 3.85. The Hall–Kier alpha value is 1.36. The van der Waals surface area contributed by atoms with E-state index >= 15 is 0 Å². The van der Waals surface area contributed by atoms with Gasteiger partial charge in [0.15, 0.2) is 0 Å². The molecule has 0 saturated carbocycles. The van der Waals surface area contributed by atoms with E-state index in [1.54, 1.807) is 6.92 Å². The molecule has 0 aromatic carbocycles. The first kappa shape index (κ1) is 30.6. The summed E-state index contributed by atoms with van der Waals surface area (Å²) in [6, 6.07) is 0. The second kappa shape index (κ2) is 20.6. The third-order valence-corrected chi connectivity index (χ3v) is 5.82. The summed E-state index contributed by atoms with van der Waals surface area (Å²) in [5.41, 5.74) is 0. The molecule has 158 valence electrons. The molecule has 0 aliphatic rings. The molecule has 0 aromatic heterocycles. The Balaban J connectivity index is 0. The SMILES string of the molecule is CCCCCCCCCCCCCCC(C)OP(=O)([O-])OCC(O)CCl.[Na+]. The molecule has 3 unspecified atom stereocenters. The zero-order valence-electron chi connectivity index (χ0n) is 17.7. The standard InChI is InChI=1S/C19H40ClO5P.Na/c1-3-4-5-6-7-8-9-10-11-12-13-14-15-18(2)25-26(22,23)24-17-19(21)16-20;/h18-19,21H,3-17H2,1-2H3,(H,22,23);/q;+1/p-1. The van der Waals surface area contributed by atoms with Crippen LogP contribution in [0.1, 0.15) is 97.3 Å². The van der Waals surface area contributed by atoms with Crippen molar-refractivity contribution in [1.29, 1.82) is 0 Å². The summed E-state index contributed by atoms with van der Waals surface area (Å²) in [7, 11) is -4.37. The molecule has 0 rings (SSSR count). The van der Waals surface area contributed by atoms with Crippen molar-refractivity contribution in [2.75, 3.05) is 12.5 Å². The number of aliphatic hydroxyl groups excluding tert-OH is 1. The molecule has 27 heavy (non-hydrogen) atoms. The average Bonchev–Trinajstić information content (AvgIpc) is 2.60. The van der Waals surface area contributed by atoms with Crippen molar-refractivity contribution in [2.24, 2.45) is 0 Å². The summed E-state index contributed by atoms with van der Waals surface area (Å²) < 4.78 is 21.2. The Bertz CT molecular complexity index is 363. The second-order valence-corrected chi connectivity index (χ2v) is 8.82. The zero-order chi connectivity index (χ0) is 19.7. The van der Waals surface area contributed by atoms with Crippen LogP contribution in [0.15, 0.2) is 0 Å². The minimum Gasteiger partial charge on any atom is -0.756 e. The number of hydrogen-bond acceptors (Lipinski definition) is 5. The smallest absolute Gasteiger partial charge is 0.756 e. The van der Waals surface area contributed by atoms with Crippen LogP contribution in [0.3, 0.4) is 0 Å². The van der Waals surface area contributed by atoms with Crippen molar-refractivity contribution in [3.05, 3.63) is 0 Å². The monoisotopic (exact) mass is 436 g/mol. The zero-order valence-corrected chi connectivity index (χ0v) is 21.3. The molecule has 0 heterocycles. The molecule has 0 aliphatic heterocycles. The van der Waals surface area contributed by atoms with Gasteiger partial charge in [-0.3, -0.25) is 4.57 Å². The number of aliphatic hydroxyl groups is 1. The van der Waals surface area contributed by atoms with Crippen LogP contribution in [0.4, 0.5) is 0 Å². The van der Waals surface area contributed by atoms with Crippen molar-refractivity contribution >= 4 is 19.4 Å². The van der Waals surface area contributed by atoms with E-state index in [9.17, 15) is 14.6 Å². The Morgan fingerprint density at radius 1 is 0.963 bits per heavy atom. The summed E-state index contributed by atoms with van der Waals surface area (Å²) in [5, 5.41) is 9.21. The van der Waals surface area contributed by atoms with Gasteiger partial charge in [-0.15, -0.1) is 11.6 Å². The maximum absolute atomic E-state index is 11.6. The van der Waals surface area contributed by atoms with E-state index in [0.717, 1.165) is 12.8 Å². The van der Waals surface area contributed by atoms with Gasteiger partial charge in [0.1, 0.15) is 0 Å². The molecule has 0 saturated heterocycles. The van der Waals surface area contributed by atoms with Crippen molar-refractivity contribution < 1.29 is 53.2 Å². The van der Waals surface area contributed by atoms with Gasteiger partial charge in [0.05, 0.1) is 24.7 Å². The summed E-state index contributed by atoms with van der Waals surface area (Å²) in [6.45, 7) is 3.61. The van der Waals surface area contributed by atoms with Crippen molar-refractivity contribution in [2.45, 2.75) is 110 Å². The van der Waals surface area contributed by atoms with Crippen LogP contribution >= 0.6 is 19.4 Å². The topological polar surface area (TPSA) is 78.8 Å². The number of phosphoric ester groups is 1. The van der Waals surface area contributed by atoms with Crippen molar-refractivity contribution in [1.82, 2.24) is 0 Å². The predicted octanol–water partition coefficient (Wildman–Crippen LogP) is 2.57. The van der Waals surface area contributed by atoms with Crippen LogP contribution in [0.25, 0.3) is 0 Å². The number of unbranched alkanes of at least 4 members (excludes halogenated alkanes) is 11. The molecule has 0 bridgehead atoms. The quantitative estimate of drug-likeness (QED) is 0.146. The van der Waals surface area contributed by atoms with Gasteiger partial charge >= 0.3 is 29.6 Å². The summed E-state index contributed by atoms with van der Waals surface area (Å²) >= 11 is 5.39. The number of halogens is 1. The minimum absolute atomic E-state index is 0. The maximum atomic E-state index is 11.6. The van der Waals surface area contributed by atoms with Gasteiger partial charge < -0.3 is 19.0 Å². The Morgan fingerprint density at radius 3 is 1.85 bits per heavy atom. The molecule has 1 N–H and O–H groups in total. The molecular weight excluding hydrogens is 398 g/mol. The summed E-state index contributed by atoms with van der Waals surface area (Å²) in [4.78, 5) is 11.6. The van der Waals surface area contributed by atoms with E-state index < -0.39 is 20.0 Å². The molecule has 8 heteroatoms. The van der Waals surface area contributed by atoms with E-state index in [0.29, 0.717) is 6.42 Å². The number of rotatable bonds is 19. The third-order valence-electron chi connectivity index (χ3n) is 4.38. The first-order valence-corrected chi connectivity index (χ1v) is 12.3. The van der Waals surface area contributed by atoms with E-state index in [-0.39, 0.29) is 42.0 Å². The van der Waals surface area contributed by atoms with Gasteiger partial charge in [-0.2, -0.15) is 0 Å². The summed E-state index contributed by atoms with van der Waals surface area (Å²) in [6.07, 6.45) is 14.5. The average molecular weight is 437 g/mol. The number of hydrogen-bond donors (Lipinski definition) is 1. The predicted molar refractivity (Wildman–Crippen MR) is 107 cm³/mol. The van der Waals surface area contributed by atoms with Crippen molar-refractivity contribution in [3.8, 4) is 0 Å². The molecular formula is C19H39ClNaO5P. The summed E-state index contributed by atoms with van der Waals surface area (Å²) in [5.74, 6) is -0.0750. The van der Waals surface area contributed by atoms with E-state index in [1.807, 2.05) is 0 Å². The molecule has 0 aliphatic carbocycles. The largest absolute Gasteiger partial charge is 1.00 e. The van der Waals surface area contributed by atoms with Crippen LogP contribution in [0, 0.1) is 0 Å². The fraction of sp³-hybridized carbons (Fsp3) is 1.00. The van der Waals surface area contributed by atoms with E-state index in [4.69, 9.17) is 16.1 Å². The Labute approximate surface area is 193 Å². The molecule has 3 atom stereocenters. The normalized spacial score (nSPS) is 15.7. The molecule has 0 aromatic rings. The van der Waals surface area contributed by atoms with Crippen LogP contribution in [0.2, 0.25) is 0 Å². The molecule has 5 nitrogen and oxygen atoms in total. The van der Waals surface area contributed by atoms with E-state index in [1.165, 1.54) is 64.2 Å².